The largest absolute Gasteiger partial charge is 0.326 e. The fourth-order valence-electron chi connectivity index (χ4n) is 2.88. The van der Waals surface area contributed by atoms with Gasteiger partial charge < -0.3 is 10.6 Å². The van der Waals surface area contributed by atoms with E-state index >= 15 is 0 Å². The highest BCUT2D eigenvalue weighted by Gasteiger charge is 2.54. The zero-order valence-corrected chi connectivity index (χ0v) is 11.6. The van der Waals surface area contributed by atoms with E-state index < -0.39 is 11.7 Å². The minimum Gasteiger partial charge on any atom is -0.326 e. The van der Waals surface area contributed by atoms with Crippen molar-refractivity contribution in [1.82, 2.24) is 0 Å². The Labute approximate surface area is 122 Å². The van der Waals surface area contributed by atoms with E-state index in [4.69, 9.17) is 0 Å². The molecule has 1 aromatic rings. The summed E-state index contributed by atoms with van der Waals surface area (Å²) in [4.78, 5) is 23.3. The first-order valence-corrected chi connectivity index (χ1v) is 7.05. The molecule has 2 N–H and O–H groups in total. The third-order valence-electron chi connectivity index (χ3n) is 4.36. The molecule has 2 saturated carbocycles. The van der Waals surface area contributed by atoms with Crippen molar-refractivity contribution in [3.8, 4) is 0 Å². The van der Waals surface area contributed by atoms with Crippen LogP contribution in [0, 0.1) is 17.2 Å². The summed E-state index contributed by atoms with van der Waals surface area (Å²) < 4.78 is 13.6. The number of rotatable bonds is 4. The zero-order chi connectivity index (χ0) is 15.0. The number of nitrogens with one attached hydrogen (secondary N) is 2. The van der Waals surface area contributed by atoms with E-state index in [2.05, 4.69) is 17.2 Å². The van der Waals surface area contributed by atoms with Crippen LogP contribution in [0.1, 0.15) is 25.7 Å². The maximum atomic E-state index is 13.6. The van der Waals surface area contributed by atoms with E-state index in [1.165, 1.54) is 31.0 Å². The Balaban J connectivity index is 1.64. The Hall–Kier alpha value is -2.17. The normalized spacial score (nSPS) is 18.7. The van der Waals surface area contributed by atoms with Gasteiger partial charge in [-0.05, 0) is 55.4 Å². The Kier molecular flexibility index (Phi) is 3.27. The second-order valence-corrected chi connectivity index (χ2v) is 5.98. The molecule has 0 bridgehead atoms. The number of hydrogen-bond acceptors (Lipinski definition) is 2. The predicted molar refractivity (Wildman–Crippen MR) is 78.2 cm³/mol. The minimum atomic E-state index is -0.552. The van der Waals surface area contributed by atoms with Gasteiger partial charge in [0.1, 0.15) is 5.82 Å². The molecule has 1 spiro atoms. The number of anilines is 2. The van der Waals surface area contributed by atoms with E-state index in [1.54, 1.807) is 0 Å². The standard InChI is InChI=1S/C16H17FN2O2/c1-2-14(20)19-13-7-11(3-4-12(13)17)18-15(21)10-8-16(9-10)5-6-16/h2-4,7,10H,1,5-6,8-9H2,(H,18,21)(H,19,20). The van der Waals surface area contributed by atoms with Crippen molar-refractivity contribution in [2.24, 2.45) is 11.3 Å². The van der Waals surface area contributed by atoms with Gasteiger partial charge in [-0.15, -0.1) is 0 Å². The average molecular weight is 288 g/mol. The number of carbonyl (C=O) groups is 2. The van der Waals surface area contributed by atoms with Crippen molar-refractivity contribution in [2.75, 3.05) is 10.6 Å². The first-order valence-electron chi connectivity index (χ1n) is 7.05. The first kappa shape index (κ1) is 13.8. The van der Waals surface area contributed by atoms with Crippen molar-refractivity contribution in [1.29, 1.82) is 0 Å². The molecule has 2 amide bonds. The highest BCUT2D eigenvalue weighted by atomic mass is 19.1. The van der Waals surface area contributed by atoms with E-state index in [1.807, 2.05) is 0 Å². The molecule has 0 radical (unpaired) electrons. The van der Waals surface area contributed by atoms with Crippen LogP contribution in [-0.2, 0) is 9.59 Å². The van der Waals surface area contributed by atoms with Crippen LogP contribution in [0.4, 0.5) is 15.8 Å². The highest BCUT2D eigenvalue weighted by Crippen LogP contribution is 2.63. The fourth-order valence-corrected chi connectivity index (χ4v) is 2.88. The second-order valence-electron chi connectivity index (χ2n) is 5.98. The molecule has 1 aromatic carbocycles. The molecule has 110 valence electrons. The van der Waals surface area contributed by atoms with Crippen LogP contribution in [0.3, 0.4) is 0 Å². The first-order chi connectivity index (χ1) is 10.0. The van der Waals surface area contributed by atoms with Gasteiger partial charge >= 0.3 is 0 Å². The lowest BCUT2D eigenvalue weighted by molar-refractivity contribution is -0.124. The monoisotopic (exact) mass is 288 g/mol. The summed E-state index contributed by atoms with van der Waals surface area (Å²) >= 11 is 0. The number of carbonyl (C=O) groups excluding carboxylic acids is 2. The molecule has 21 heavy (non-hydrogen) atoms. The molecule has 2 aliphatic carbocycles. The summed E-state index contributed by atoms with van der Waals surface area (Å²) in [7, 11) is 0. The van der Waals surface area contributed by atoms with Gasteiger partial charge in [-0.3, -0.25) is 9.59 Å². The molecule has 5 heteroatoms. The van der Waals surface area contributed by atoms with Crippen molar-refractivity contribution in [3.05, 3.63) is 36.7 Å². The molecule has 4 nitrogen and oxygen atoms in total. The maximum Gasteiger partial charge on any atom is 0.247 e. The Bertz CT molecular complexity index is 615. The van der Waals surface area contributed by atoms with Gasteiger partial charge in [-0.25, -0.2) is 4.39 Å². The Morgan fingerprint density at radius 1 is 1.29 bits per heavy atom. The summed E-state index contributed by atoms with van der Waals surface area (Å²) in [5.41, 5.74) is 0.982. The third-order valence-corrected chi connectivity index (χ3v) is 4.36. The van der Waals surface area contributed by atoms with Crippen LogP contribution in [0.2, 0.25) is 0 Å². The van der Waals surface area contributed by atoms with Crippen molar-refractivity contribution < 1.29 is 14.0 Å². The highest BCUT2D eigenvalue weighted by molar-refractivity contribution is 6.00. The fraction of sp³-hybridized carbons (Fsp3) is 0.375. The molecule has 2 aliphatic rings. The lowest BCUT2D eigenvalue weighted by Crippen LogP contribution is -2.35. The van der Waals surface area contributed by atoms with Crippen LogP contribution >= 0.6 is 0 Å². The van der Waals surface area contributed by atoms with E-state index in [-0.39, 0.29) is 17.5 Å². The second kappa shape index (κ2) is 4.98. The van der Waals surface area contributed by atoms with Gasteiger partial charge in [0.2, 0.25) is 11.8 Å². The molecule has 0 atom stereocenters. The summed E-state index contributed by atoms with van der Waals surface area (Å²) in [6.45, 7) is 3.31. The summed E-state index contributed by atoms with van der Waals surface area (Å²) in [6, 6.07) is 4.13. The van der Waals surface area contributed by atoms with Gasteiger partial charge in [-0.1, -0.05) is 6.58 Å². The molecule has 0 saturated heterocycles. The van der Waals surface area contributed by atoms with Gasteiger partial charge in [0.25, 0.3) is 0 Å². The minimum absolute atomic E-state index is 0.0277. The van der Waals surface area contributed by atoms with Crippen molar-refractivity contribution in [2.45, 2.75) is 25.7 Å². The zero-order valence-electron chi connectivity index (χ0n) is 11.6. The quantitative estimate of drug-likeness (QED) is 0.836. The van der Waals surface area contributed by atoms with Gasteiger partial charge in [0, 0.05) is 11.6 Å². The molecule has 3 rings (SSSR count). The van der Waals surface area contributed by atoms with Gasteiger partial charge in [-0.2, -0.15) is 0 Å². The summed E-state index contributed by atoms with van der Waals surface area (Å²) in [5, 5.41) is 5.16. The maximum absolute atomic E-state index is 13.6. The van der Waals surface area contributed by atoms with Crippen molar-refractivity contribution in [3.63, 3.8) is 0 Å². The summed E-state index contributed by atoms with van der Waals surface area (Å²) in [6.07, 6.45) is 5.46. The molecule has 0 unspecified atom stereocenters. The van der Waals surface area contributed by atoms with Crippen LogP contribution < -0.4 is 10.6 Å². The smallest absolute Gasteiger partial charge is 0.247 e. The molecule has 2 fully saturated rings. The van der Waals surface area contributed by atoms with E-state index in [0.717, 1.165) is 18.9 Å². The number of benzene rings is 1. The van der Waals surface area contributed by atoms with Crippen molar-refractivity contribution >= 4 is 23.2 Å². The SMILES string of the molecule is C=CC(=O)Nc1cc(NC(=O)C2CC3(CC3)C2)ccc1F. The Morgan fingerprint density at radius 2 is 2.00 bits per heavy atom. The molecular formula is C16H17FN2O2. The topological polar surface area (TPSA) is 58.2 Å². The van der Waals surface area contributed by atoms with Gasteiger partial charge in [0.05, 0.1) is 5.69 Å². The predicted octanol–water partition coefficient (Wildman–Crippen LogP) is 3.08. The molecule has 0 aromatic heterocycles. The number of amides is 2. The molecule has 0 aliphatic heterocycles. The Morgan fingerprint density at radius 3 is 2.62 bits per heavy atom. The third kappa shape index (κ3) is 2.82. The molecule has 0 heterocycles. The lowest BCUT2D eigenvalue weighted by atomic mass is 9.71. The lowest BCUT2D eigenvalue weighted by Gasteiger charge is -2.34. The number of hydrogen-bond donors (Lipinski definition) is 2. The van der Waals surface area contributed by atoms with Gasteiger partial charge in [0.15, 0.2) is 0 Å². The van der Waals surface area contributed by atoms with Crippen LogP contribution in [0.25, 0.3) is 0 Å². The molecular weight excluding hydrogens is 271 g/mol. The van der Waals surface area contributed by atoms with Crippen LogP contribution in [-0.4, -0.2) is 11.8 Å². The van der Waals surface area contributed by atoms with E-state index in [0.29, 0.717) is 11.1 Å². The average Bonchev–Trinajstić information content (AvgIpc) is 3.21. The van der Waals surface area contributed by atoms with Crippen LogP contribution in [0.15, 0.2) is 30.9 Å². The summed E-state index contributed by atoms with van der Waals surface area (Å²) in [5.74, 6) is -1.01. The number of halogens is 1. The van der Waals surface area contributed by atoms with E-state index in [9.17, 15) is 14.0 Å². The van der Waals surface area contributed by atoms with Crippen LogP contribution in [0.5, 0.6) is 0 Å².